The van der Waals surface area contributed by atoms with Crippen LogP contribution in [0.4, 0.5) is 11.4 Å². The highest BCUT2D eigenvalue weighted by molar-refractivity contribution is 14.1. The fourth-order valence-corrected chi connectivity index (χ4v) is 1.98. The summed E-state index contributed by atoms with van der Waals surface area (Å²) in [6.07, 6.45) is 0. The molecule has 0 radical (unpaired) electrons. The van der Waals surface area contributed by atoms with E-state index < -0.39 is 22.3 Å². The number of nitrogens with one attached hydrogen (secondary N) is 1. The minimum Gasteiger partial charge on any atom is -0.507 e. The quantitative estimate of drug-likeness (QED) is 0.318. The van der Waals surface area contributed by atoms with Crippen molar-refractivity contribution >= 4 is 39.9 Å². The van der Waals surface area contributed by atoms with Crippen LogP contribution in [0.5, 0.6) is 11.5 Å². The second-order valence-corrected chi connectivity index (χ2v) is 5.21. The molecule has 0 bridgehead atoms. The number of nitro benzene ring substituents is 1. The topological polar surface area (TPSA) is 113 Å². The molecule has 0 fully saturated rings. The van der Waals surface area contributed by atoms with Gasteiger partial charge in [0, 0.05) is 11.6 Å². The van der Waals surface area contributed by atoms with Gasteiger partial charge in [-0.3, -0.25) is 14.9 Å². The summed E-state index contributed by atoms with van der Waals surface area (Å²) in [5.74, 6) is -1.16. The molecule has 1 amide bonds. The number of hydrogen-bond donors (Lipinski definition) is 3. The number of nitro groups is 1. The monoisotopic (exact) mass is 400 g/mol. The number of phenolic OH excluding ortho intramolecular Hbond substituents is 2. The Morgan fingerprint density at radius 3 is 2.52 bits per heavy atom. The fourth-order valence-electron chi connectivity index (χ4n) is 1.65. The van der Waals surface area contributed by atoms with Gasteiger partial charge in [0.2, 0.25) is 0 Å². The van der Waals surface area contributed by atoms with Crippen LogP contribution >= 0.6 is 22.6 Å². The van der Waals surface area contributed by atoms with E-state index >= 15 is 0 Å². The Labute approximate surface area is 132 Å². The second-order valence-electron chi connectivity index (χ2n) is 4.05. The molecule has 0 spiro atoms. The molecule has 7 nitrogen and oxygen atoms in total. The number of aromatic hydroxyl groups is 2. The van der Waals surface area contributed by atoms with Crippen LogP contribution in [0.1, 0.15) is 10.4 Å². The highest BCUT2D eigenvalue weighted by Crippen LogP contribution is 2.33. The largest absolute Gasteiger partial charge is 0.507 e. The summed E-state index contributed by atoms with van der Waals surface area (Å²) in [5.41, 5.74) is -0.589. The summed E-state index contributed by atoms with van der Waals surface area (Å²) in [5, 5.41) is 32.4. The normalized spacial score (nSPS) is 10.1. The Bertz CT molecular complexity index is 732. The summed E-state index contributed by atoms with van der Waals surface area (Å²) < 4.78 is 0.567. The molecule has 21 heavy (non-hydrogen) atoms. The van der Waals surface area contributed by atoms with E-state index in [0.717, 1.165) is 0 Å². The van der Waals surface area contributed by atoms with E-state index in [0.29, 0.717) is 3.57 Å². The number of anilines is 1. The lowest BCUT2D eigenvalue weighted by molar-refractivity contribution is -0.384. The van der Waals surface area contributed by atoms with Crippen molar-refractivity contribution < 1.29 is 19.9 Å². The van der Waals surface area contributed by atoms with Gasteiger partial charge in [-0.25, -0.2) is 0 Å². The Morgan fingerprint density at radius 2 is 1.90 bits per heavy atom. The molecule has 0 aliphatic rings. The first-order chi connectivity index (χ1) is 9.90. The Kier molecular flexibility index (Phi) is 4.26. The van der Waals surface area contributed by atoms with Gasteiger partial charge in [-0.2, -0.15) is 0 Å². The third-order valence-electron chi connectivity index (χ3n) is 2.66. The van der Waals surface area contributed by atoms with Crippen molar-refractivity contribution in [2.24, 2.45) is 0 Å². The Morgan fingerprint density at radius 1 is 1.19 bits per heavy atom. The zero-order valence-electron chi connectivity index (χ0n) is 10.4. The second kappa shape index (κ2) is 5.95. The van der Waals surface area contributed by atoms with Crippen LogP contribution in [0.15, 0.2) is 36.4 Å². The predicted molar refractivity (Wildman–Crippen MR) is 83.5 cm³/mol. The van der Waals surface area contributed by atoms with Crippen LogP contribution < -0.4 is 5.32 Å². The van der Waals surface area contributed by atoms with Crippen molar-refractivity contribution in [1.29, 1.82) is 0 Å². The van der Waals surface area contributed by atoms with E-state index in [1.54, 1.807) is 0 Å². The number of hydrogen-bond acceptors (Lipinski definition) is 5. The highest BCUT2D eigenvalue weighted by Gasteiger charge is 2.20. The number of carbonyl (C=O) groups is 1. The molecule has 0 aromatic heterocycles. The van der Waals surface area contributed by atoms with Crippen molar-refractivity contribution in [2.75, 3.05) is 5.32 Å². The van der Waals surface area contributed by atoms with Crippen LogP contribution in [-0.4, -0.2) is 21.0 Å². The first kappa shape index (κ1) is 15.0. The minimum absolute atomic E-state index is 0.0740. The first-order valence-corrected chi connectivity index (χ1v) is 6.74. The number of carbonyl (C=O) groups excluding carboxylic acids is 1. The predicted octanol–water partition coefficient (Wildman–Crippen LogP) is 2.86. The van der Waals surface area contributed by atoms with E-state index in [1.165, 1.54) is 36.4 Å². The number of rotatable bonds is 3. The molecule has 2 rings (SSSR count). The van der Waals surface area contributed by atoms with Gasteiger partial charge in [0.1, 0.15) is 11.5 Å². The summed E-state index contributed by atoms with van der Waals surface area (Å²) in [6, 6.07) is 7.93. The van der Waals surface area contributed by atoms with Crippen molar-refractivity contribution in [2.45, 2.75) is 0 Å². The summed E-state index contributed by atoms with van der Waals surface area (Å²) in [6.45, 7) is 0. The Balaban J connectivity index is 2.36. The SMILES string of the molecule is O=C(Nc1c(O)cccc1[N+](=O)[O-])c1ccc(I)c(O)c1. The molecular formula is C13H9IN2O5. The molecule has 0 saturated carbocycles. The molecule has 0 heterocycles. The van der Waals surface area contributed by atoms with Gasteiger partial charge in [0.25, 0.3) is 11.6 Å². The van der Waals surface area contributed by atoms with E-state index in [4.69, 9.17) is 0 Å². The lowest BCUT2D eigenvalue weighted by Gasteiger charge is -2.08. The van der Waals surface area contributed by atoms with Crippen LogP contribution in [-0.2, 0) is 0 Å². The summed E-state index contributed by atoms with van der Waals surface area (Å²) >= 11 is 1.90. The lowest BCUT2D eigenvalue weighted by atomic mass is 10.2. The maximum absolute atomic E-state index is 12.0. The van der Waals surface area contributed by atoms with Crippen molar-refractivity contribution in [3.05, 3.63) is 55.6 Å². The maximum atomic E-state index is 12.0. The smallest absolute Gasteiger partial charge is 0.296 e. The van der Waals surface area contributed by atoms with Crippen LogP contribution in [0.3, 0.4) is 0 Å². The molecular weight excluding hydrogens is 391 g/mol. The maximum Gasteiger partial charge on any atom is 0.296 e. The molecule has 0 saturated heterocycles. The third-order valence-corrected chi connectivity index (χ3v) is 3.58. The van der Waals surface area contributed by atoms with E-state index in [1.807, 2.05) is 22.6 Å². The number of nitrogens with zero attached hydrogens (tertiary/aromatic N) is 1. The van der Waals surface area contributed by atoms with Crippen molar-refractivity contribution in [1.82, 2.24) is 0 Å². The number of benzene rings is 2. The van der Waals surface area contributed by atoms with Crippen LogP contribution in [0.2, 0.25) is 0 Å². The van der Waals surface area contributed by atoms with E-state index in [9.17, 15) is 25.1 Å². The molecule has 0 unspecified atom stereocenters. The van der Waals surface area contributed by atoms with Gasteiger partial charge in [-0.05, 0) is 46.9 Å². The molecule has 8 heteroatoms. The average molecular weight is 400 g/mol. The van der Waals surface area contributed by atoms with Crippen molar-refractivity contribution in [3.8, 4) is 11.5 Å². The third kappa shape index (κ3) is 3.21. The molecule has 0 aliphatic carbocycles. The molecule has 108 valence electrons. The average Bonchev–Trinajstić information content (AvgIpc) is 2.43. The zero-order valence-corrected chi connectivity index (χ0v) is 12.6. The van der Waals surface area contributed by atoms with E-state index in [-0.39, 0.29) is 17.0 Å². The summed E-state index contributed by atoms with van der Waals surface area (Å²) in [7, 11) is 0. The molecule has 0 atom stereocenters. The number of para-hydroxylation sites is 1. The Hall–Kier alpha value is -2.36. The van der Waals surface area contributed by atoms with Gasteiger partial charge < -0.3 is 15.5 Å². The number of phenols is 2. The number of halogens is 1. The standard InChI is InChI=1S/C13H9IN2O5/c14-8-5-4-7(6-11(8)18)13(19)15-12-9(16(20)21)2-1-3-10(12)17/h1-6,17-18H,(H,15,19). The summed E-state index contributed by atoms with van der Waals surface area (Å²) in [4.78, 5) is 22.2. The lowest BCUT2D eigenvalue weighted by Crippen LogP contribution is -2.13. The minimum atomic E-state index is -0.708. The van der Waals surface area contributed by atoms with Gasteiger partial charge in [-0.15, -0.1) is 0 Å². The molecule has 2 aromatic carbocycles. The first-order valence-electron chi connectivity index (χ1n) is 5.66. The van der Waals surface area contributed by atoms with Gasteiger partial charge >= 0.3 is 0 Å². The van der Waals surface area contributed by atoms with Crippen LogP contribution in [0.25, 0.3) is 0 Å². The van der Waals surface area contributed by atoms with Gasteiger partial charge in [-0.1, -0.05) is 6.07 Å². The van der Waals surface area contributed by atoms with Gasteiger partial charge in [0.05, 0.1) is 8.49 Å². The molecule has 2 aromatic rings. The molecule has 3 N–H and O–H groups in total. The highest BCUT2D eigenvalue weighted by atomic mass is 127. The van der Waals surface area contributed by atoms with E-state index in [2.05, 4.69) is 5.32 Å². The van der Waals surface area contributed by atoms with Crippen LogP contribution in [0, 0.1) is 13.7 Å². The fraction of sp³-hybridized carbons (Fsp3) is 0. The van der Waals surface area contributed by atoms with Gasteiger partial charge in [0.15, 0.2) is 5.69 Å². The zero-order chi connectivity index (χ0) is 15.6. The van der Waals surface area contributed by atoms with Crippen molar-refractivity contribution in [3.63, 3.8) is 0 Å². The number of amides is 1. The molecule has 0 aliphatic heterocycles.